The second-order valence-electron chi connectivity index (χ2n) is 5.29. The molecule has 2 amide bonds. The largest absolute Gasteiger partial charge is 0.481 e. The molecule has 1 N–H and O–H groups in total. The first kappa shape index (κ1) is 14.3. The van der Waals surface area contributed by atoms with Crippen molar-refractivity contribution in [2.24, 2.45) is 11.8 Å². The first-order valence-electron chi connectivity index (χ1n) is 6.60. The minimum Gasteiger partial charge on any atom is -0.481 e. The van der Waals surface area contributed by atoms with Gasteiger partial charge in [0.25, 0.3) is 0 Å². The van der Waals surface area contributed by atoms with Gasteiger partial charge in [0.05, 0.1) is 5.92 Å². The van der Waals surface area contributed by atoms with Crippen molar-refractivity contribution >= 4 is 12.0 Å². The van der Waals surface area contributed by atoms with Gasteiger partial charge in [-0.2, -0.15) is 0 Å². The van der Waals surface area contributed by atoms with Crippen LogP contribution in [0.25, 0.3) is 0 Å². The number of urea groups is 1. The van der Waals surface area contributed by atoms with Gasteiger partial charge in [0.15, 0.2) is 0 Å². The van der Waals surface area contributed by atoms with Crippen molar-refractivity contribution in [3.8, 4) is 0 Å². The van der Waals surface area contributed by atoms with Crippen molar-refractivity contribution in [3.63, 3.8) is 0 Å². The number of carbonyl (C=O) groups is 2. The van der Waals surface area contributed by atoms with Crippen LogP contribution in [0.4, 0.5) is 4.79 Å². The number of pyridine rings is 1. The summed E-state index contributed by atoms with van der Waals surface area (Å²) in [5, 5.41) is 8.93. The number of rotatable bonds is 4. The molecule has 108 valence electrons. The lowest BCUT2D eigenvalue weighted by molar-refractivity contribution is -0.144. The number of nitrogens with zero attached hydrogens (tertiary/aromatic N) is 3. The van der Waals surface area contributed by atoms with Crippen LogP contribution in [0.1, 0.15) is 12.5 Å². The van der Waals surface area contributed by atoms with Crippen LogP contribution >= 0.6 is 0 Å². The normalized spacial score (nSPS) is 16.4. The Bertz CT molecular complexity index is 486. The highest BCUT2D eigenvalue weighted by Crippen LogP contribution is 2.25. The highest BCUT2D eigenvalue weighted by molar-refractivity contribution is 5.76. The highest BCUT2D eigenvalue weighted by Gasteiger charge is 2.38. The summed E-state index contributed by atoms with van der Waals surface area (Å²) < 4.78 is 0. The van der Waals surface area contributed by atoms with Crippen LogP contribution in [-0.2, 0) is 11.3 Å². The summed E-state index contributed by atoms with van der Waals surface area (Å²) in [5.41, 5.74) is 1.02. The summed E-state index contributed by atoms with van der Waals surface area (Å²) >= 11 is 0. The maximum atomic E-state index is 12.2. The molecule has 1 aliphatic heterocycles. The number of carboxylic acid groups (broad SMARTS) is 1. The fourth-order valence-corrected chi connectivity index (χ4v) is 2.26. The minimum absolute atomic E-state index is 0.0596. The molecule has 1 aromatic rings. The molecule has 1 aliphatic rings. The van der Waals surface area contributed by atoms with Gasteiger partial charge in [0.2, 0.25) is 0 Å². The summed E-state index contributed by atoms with van der Waals surface area (Å²) in [6, 6.07) is 3.68. The molecule has 1 saturated heterocycles. The van der Waals surface area contributed by atoms with E-state index in [0.29, 0.717) is 19.6 Å². The van der Waals surface area contributed by atoms with Crippen LogP contribution in [0.15, 0.2) is 24.5 Å². The van der Waals surface area contributed by atoms with Gasteiger partial charge in [-0.15, -0.1) is 0 Å². The molecule has 1 fully saturated rings. The molecule has 0 spiro atoms. The van der Waals surface area contributed by atoms with Gasteiger partial charge in [0.1, 0.15) is 0 Å². The smallest absolute Gasteiger partial charge is 0.320 e. The molecule has 2 rings (SSSR count). The summed E-state index contributed by atoms with van der Waals surface area (Å²) in [5.74, 6) is -1.14. The van der Waals surface area contributed by atoms with Crippen molar-refractivity contribution in [1.82, 2.24) is 14.8 Å². The SMILES string of the molecule is CC(C(=O)O)C1CN(C(=O)N(C)Cc2ccncc2)C1. The van der Waals surface area contributed by atoms with Crippen LogP contribution in [0.5, 0.6) is 0 Å². The molecular weight excluding hydrogens is 258 g/mol. The van der Waals surface area contributed by atoms with E-state index in [1.165, 1.54) is 0 Å². The third kappa shape index (κ3) is 3.07. The van der Waals surface area contributed by atoms with Crippen molar-refractivity contribution < 1.29 is 14.7 Å². The Morgan fingerprint density at radius 2 is 2.05 bits per heavy atom. The first-order chi connectivity index (χ1) is 9.49. The van der Waals surface area contributed by atoms with Gasteiger partial charge in [-0.1, -0.05) is 6.92 Å². The standard InChI is InChI=1S/C14H19N3O3/c1-10(13(18)19)12-8-17(9-12)14(20)16(2)7-11-3-5-15-6-4-11/h3-6,10,12H,7-9H2,1-2H3,(H,18,19). The van der Waals surface area contributed by atoms with E-state index in [-0.39, 0.29) is 11.9 Å². The number of carboxylic acids is 1. The van der Waals surface area contributed by atoms with E-state index in [4.69, 9.17) is 5.11 Å². The van der Waals surface area contributed by atoms with Crippen molar-refractivity contribution in [2.45, 2.75) is 13.5 Å². The lowest BCUT2D eigenvalue weighted by Crippen LogP contribution is -2.56. The number of amides is 2. The Kier molecular flexibility index (Phi) is 4.22. The van der Waals surface area contributed by atoms with Crippen LogP contribution in [0.2, 0.25) is 0 Å². The maximum Gasteiger partial charge on any atom is 0.320 e. The van der Waals surface area contributed by atoms with Crippen LogP contribution in [0.3, 0.4) is 0 Å². The number of aromatic nitrogens is 1. The third-order valence-corrected chi connectivity index (χ3v) is 3.77. The average Bonchev–Trinajstić information content (AvgIpc) is 2.37. The molecule has 6 heteroatoms. The average molecular weight is 277 g/mol. The molecule has 6 nitrogen and oxygen atoms in total. The predicted octanol–water partition coefficient (Wildman–Crippen LogP) is 1.29. The van der Waals surface area contributed by atoms with Gasteiger partial charge in [0, 0.05) is 45.0 Å². The summed E-state index contributed by atoms with van der Waals surface area (Å²) in [4.78, 5) is 30.3. The fraction of sp³-hybridized carbons (Fsp3) is 0.500. The number of hydrogen-bond acceptors (Lipinski definition) is 3. The quantitative estimate of drug-likeness (QED) is 0.900. The van der Waals surface area contributed by atoms with E-state index in [2.05, 4.69) is 4.98 Å². The Balaban J connectivity index is 1.83. The lowest BCUT2D eigenvalue weighted by Gasteiger charge is -2.42. The number of likely N-dealkylation sites (tertiary alicyclic amines) is 1. The van der Waals surface area contributed by atoms with Gasteiger partial charge in [-0.3, -0.25) is 9.78 Å². The van der Waals surface area contributed by atoms with Crippen LogP contribution in [0, 0.1) is 11.8 Å². The molecule has 0 aliphatic carbocycles. The highest BCUT2D eigenvalue weighted by atomic mass is 16.4. The van der Waals surface area contributed by atoms with E-state index in [9.17, 15) is 9.59 Å². The molecule has 0 aromatic carbocycles. The second kappa shape index (κ2) is 5.90. The van der Waals surface area contributed by atoms with Crippen molar-refractivity contribution in [1.29, 1.82) is 0 Å². The van der Waals surface area contributed by atoms with Crippen LogP contribution < -0.4 is 0 Å². The Morgan fingerprint density at radius 1 is 1.45 bits per heavy atom. The molecule has 2 heterocycles. The van der Waals surface area contributed by atoms with E-state index in [0.717, 1.165) is 5.56 Å². The monoisotopic (exact) mass is 277 g/mol. The number of hydrogen-bond donors (Lipinski definition) is 1. The zero-order valence-electron chi connectivity index (χ0n) is 11.7. The second-order valence-corrected chi connectivity index (χ2v) is 5.29. The predicted molar refractivity (Wildman–Crippen MR) is 73.0 cm³/mol. The topological polar surface area (TPSA) is 73.7 Å². The van der Waals surface area contributed by atoms with Gasteiger partial charge in [-0.05, 0) is 17.7 Å². The third-order valence-electron chi connectivity index (χ3n) is 3.77. The van der Waals surface area contributed by atoms with Gasteiger partial charge in [-0.25, -0.2) is 4.79 Å². The molecule has 20 heavy (non-hydrogen) atoms. The maximum absolute atomic E-state index is 12.2. The Morgan fingerprint density at radius 3 is 2.60 bits per heavy atom. The van der Waals surface area contributed by atoms with E-state index in [1.54, 1.807) is 36.2 Å². The summed E-state index contributed by atoms with van der Waals surface area (Å²) in [6.45, 7) is 3.26. The van der Waals surface area contributed by atoms with Crippen molar-refractivity contribution in [2.75, 3.05) is 20.1 Å². The van der Waals surface area contributed by atoms with Gasteiger partial charge >= 0.3 is 12.0 Å². The summed E-state index contributed by atoms with van der Waals surface area (Å²) in [7, 11) is 1.75. The lowest BCUT2D eigenvalue weighted by atomic mass is 9.87. The minimum atomic E-state index is -0.799. The number of aliphatic carboxylic acids is 1. The zero-order valence-corrected chi connectivity index (χ0v) is 11.7. The molecule has 0 saturated carbocycles. The van der Waals surface area contributed by atoms with Crippen molar-refractivity contribution in [3.05, 3.63) is 30.1 Å². The van der Waals surface area contributed by atoms with E-state index in [1.807, 2.05) is 12.1 Å². The molecular formula is C14H19N3O3. The van der Waals surface area contributed by atoms with E-state index < -0.39 is 11.9 Å². The van der Waals surface area contributed by atoms with Gasteiger partial charge < -0.3 is 14.9 Å². The fourth-order valence-electron chi connectivity index (χ4n) is 2.26. The molecule has 1 atom stereocenters. The Hall–Kier alpha value is -2.11. The van der Waals surface area contributed by atoms with Crippen LogP contribution in [-0.4, -0.2) is 52.0 Å². The molecule has 0 bridgehead atoms. The van der Waals surface area contributed by atoms with E-state index >= 15 is 0 Å². The Labute approximate surface area is 118 Å². The molecule has 0 radical (unpaired) electrons. The molecule has 1 unspecified atom stereocenters. The zero-order chi connectivity index (χ0) is 14.7. The first-order valence-corrected chi connectivity index (χ1v) is 6.60. The summed E-state index contributed by atoms with van der Waals surface area (Å²) in [6.07, 6.45) is 3.39. The molecule has 1 aromatic heterocycles. The number of carbonyl (C=O) groups excluding carboxylic acids is 1.